The maximum atomic E-state index is 12.7. The number of aliphatic imine (C=N–C) groups is 1. The molecule has 0 aliphatic carbocycles. The van der Waals surface area contributed by atoms with Crippen LogP contribution < -0.4 is 31.3 Å². The van der Waals surface area contributed by atoms with Gasteiger partial charge in [0.15, 0.2) is 5.96 Å². The summed E-state index contributed by atoms with van der Waals surface area (Å²) < 4.78 is 5.58. The van der Waals surface area contributed by atoms with E-state index in [4.69, 9.17) is 4.74 Å². The lowest BCUT2D eigenvalue weighted by atomic mass is 10.1. The topological polar surface area (TPSA) is 170 Å². The maximum Gasteiger partial charge on any atom is 0.305 e. The SMILES string of the molecule is CCCCOc1ccc(NC(=O)C(CC(=O)O)NC(=O)CNC(=O)c2cccc(NC3=NCCCN3)c2)cc1. The average molecular weight is 539 g/mol. The van der Waals surface area contributed by atoms with Gasteiger partial charge in [-0.2, -0.15) is 0 Å². The lowest BCUT2D eigenvalue weighted by molar-refractivity contribution is -0.139. The van der Waals surface area contributed by atoms with Crippen LogP contribution >= 0.6 is 0 Å². The molecule has 3 rings (SSSR count). The monoisotopic (exact) mass is 538 g/mol. The Morgan fingerprint density at radius 1 is 1.10 bits per heavy atom. The Morgan fingerprint density at radius 3 is 2.59 bits per heavy atom. The molecule has 0 spiro atoms. The zero-order valence-corrected chi connectivity index (χ0v) is 21.8. The molecule has 1 unspecified atom stereocenters. The number of guanidine groups is 1. The number of aliphatic carboxylic acids is 1. The summed E-state index contributed by atoms with van der Waals surface area (Å²) in [4.78, 5) is 53.4. The molecule has 0 aromatic heterocycles. The number of carboxylic acids is 1. The van der Waals surface area contributed by atoms with Gasteiger partial charge in [0.25, 0.3) is 5.91 Å². The average Bonchev–Trinajstić information content (AvgIpc) is 2.93. The Kier molecular flexibility index (Phi) is 11.1. The molecule has 1 heterocycles. The zero-order valence-electron chi connectivity index (χ0n) is 21.8. The van der Waals surface area contributed by atoms with Gasteiger partial charge in [-0.25, -0.2) is 0 Å². The quantitative estimate of drug-likeness (QED) is 0.210. The van der Waals surface area contributed by atoms with Gasteiger partial charge in [0.1, 0.15) is 11.8 Å². The van der Waals surface area contributed by atoms with Crippen molar-refractivity contribution in [2.24, 2.45) is 4.99 Å². The van der Waals surface area contributed by atoms with Crippen molar-refractivity contribution in [3.05, 3.63) is 54.1 Å². The minimum atomic E-state index is -1.34. The second kappa shape index (κ2) is 15.0. The van der Waals surface area contributed by atoms with Gasteiger partial charge in [0, 0.05) is 30.0 Å². The van der Waals surface area contributed by atoms with Crippen LogP contribution in [0, 0.1) is 0 Å². The van der Waals surface area contributed by atoms with Crippen LogP contribution in [0.1, 0.15) is 43.0 Å². The molecule has 2 aromatic rings. The van der Waals surface area contributed by atoms with E-state index in [0.717, 1.165) is 25.8 Å². The molecular formula is C27H34N6O6. The third-order valence-corrected chi connectivity index (χ3v) is 5.61. The summed E-state index contributed by atoms with van der Waals surface area (Å²) in [5, 5.41) is 22.9. The number of carboxylic acid groups (broad SMARTS) is 1. The Hall–Kier alpha value is -4.61. The molecule has 208 valence electrons. The van der Waals surface area contributed by atoms with Gasteiger partial charge in [-0.15, -0.1) is 0 Å². The van der Waals surface area contributed by atoms with Gasteiger partial charge in [0.05, 0.1) is 19.6 Å². The van der Waals surface area contributed by atoms with E-state index in [0.29, 0.717) is 41.8 Å². The fourth-order valence-electron chi connectivity index (χ4n) is 3.58. The van der Waals surface area contributed by atoms with Crippen molar-refractivity contribution in [3.8, 4) is 5.75 Å². The van der Waals surface area contributed by atoms with E-state index in [1.54, 1.807) is 48.5 Å². The number of nitrogens with zero attached hydrogens (tertiary/aromatic N) is 1. The maximum absolute atomic E-state index is 12.7. The number of amides is 3. The second-order valence-electron chi connectivity index (χ2n) is 8.83. The molecule has 12 nitrogen and oxygen atoms in total. The minimum absolute atomic E-state index is 0.311. The number of rotatable bonds is 13. The Bertz CT molecular complexity index is 1180. The highest BCUT2D eigenvalue weighted by Gasteiger charge is 2.24. The fraction of sp³-hybridized carbons (Fsp3) is 0.370. The standard InChI is InChI=1S/C27H34N6O6/c1-2-3-14-39-21-10-8-19(9-11-21)31-26(38)22(16-24(35)36)33-23(34)17-30-25(37)18-6-4-7-20(15-18)32-27-28-12-5-13-29-27/h4,6-11,15,22H,2-3,5,12-14,16-17H2,1H3,(H,30,37)(H,31,38)(H,33,34)(H,35,36)(H2,28,29,32). The van der Waals surface area contributed by atoms with Crippen LogP contribution in [0.5, 0.6) is 5.75 Å². The van der Waals surface area contributed by atoms with Crippen molar-refractivity contribution in [2.45, 2.75) is 38.6 Å². The molecular weight excluding hydrogens is 504 g/mol. The summed E-state index contributed by atoms with van der Waals surface area (Å²) in [7, 11) is 0. The third-order valence-electron chi connectivity index (χ3n) is 5.61. The van der Waals surface area contributed by atoms with Crippen molar-refractivity contribution < 1.29 is 29.0 Å². The highest BCUT2D eigenvalue weighted by atomic mass is 16.5. The molecule has 0 saturated carbocycles. The Labute approximate surface area is 226 Å². The molecule has 39 heavy (non-hydrogen) atoms. The lowest BCUT2D eigenvalue weighted by Gasteiger charge is -2.17. The fourth-order valence-corrected chi connectivity index (χ4v) is 3.58. The van der Waals surface area contributed by atoms with Crippen molar-refractivity contribution in [1.82, 2.24) is 16.0 Å². The number of nitrogens with one attached hydrogen (secondary N) is 5. The normalized spacial score (nSPS) is 13.2. The van der Waals surface area contributed by atoms with Crippen LogP contribution in [0.3, 0.4) is 0 Å². The van der Waals surface area contributed by atoms with E-state index in [1.165, 1.54) is 0 Å². The molecule has 1 aliphatic heterocycles. The number of ether oxygens (including phenoxy) is 1. The number of carbonyl (C=O) groups is 4. The van der Waals surface area contributed by atoms with Gasteiger partial charge in [-0.1, -0.05) is 19.4 Å². The molecule has 3 amide bonds. The number of unbranched alkanes of at least 4 members (excludes halogenated alkanes) is 1. The first-order chi connectivity index (χ1) is 18.8. The predicted octanol–water partition coefficient (Wildman–Crippen LogP) is 1.95. The Morgan fingerprint density at radius 2 is 1.90 bits per heavy atom. The van der Waals surface area contributed by atoms with Crippen LogP contribution in [0.4, 0.5) is 11.4 Å². The van der Waals surface area contributed by atoms with Crippen LogP contribution in [0.15, 0.2) is 53.5 Å². The first kappa shape index (κ1) is 29.0. The zero-order chi connectivity index (χ0) is 28.0. The number of anilines is 2. The van der Waals surface area contributed by atoms with Crippen molar-refractivity contribution in [2.75, 3.05) is 36.9 Å². The summed E-state index contributed by atoms with van der Waals surface area (Å²) in [6.45, 7) is 3.72. The number of hydrogen-bond acceptors (Lipinski definition) is 8. The van der Waals surface area contributed by atoms with E-state index in [2.05, 4.69) is 38.5 Å². The summed E-state index contributed by atoms with van der Waals surface area (Å²) in [5.41, 5.74) is 1.38. The van der Waals surface area contributed by atoms with E-state index < -0.39 is 42.7 Å². The highest BCUT2D eigenvalue weighted by molar-refractivity contribution is 6.01. The molecule has 12 heteroatoms. The van der Waals surface area contributed by atoms with Gasteiger partial charge >= 0.3 is 5.97 Å². The van der Waals surface area contributed by atoms with Gasteiger partial charge < -0.3 is 36.4 Å². The van der Waals surface area contributed by atoms with Gasteiger partial charge in [-0.05, 0) is 55.3 Å². The van der Waals surface area contributed by atoms with E-state index >= 15 is 0 Å². The van der Waals surface area contributed by atoms with Crippen LogP contribution in [-0.4, -0.2) is 67.0 Å². The molecule has 1 aliphatic rings. The number of hydrogen-bond donors (Lipinski definition) is 6. The summed E-state index contributed by atoms with van der Waals surface area (Å²) >= 11 is 0. The van der Waals surface area contributed by atoms with Crippen molar-refractivity contribution in [3.63, 3.8) is 0 Å². The van der Waals surface area contributed by atoms with E-state index in [1.807, 2.05) is 0 Å². The summed E-state index contributed by atoms with van der Waals surface area (Å²) in [5.74, 6) is -1.91. The second-order valence-corrected chi connectivity index (χ2v) is 8.83. The van der Waals surface area contributed by atoms with Crippen LogP contribution in [0.25, 0.3) is 0 Å². The van der Waals surface area contributed by atoms with Crippen LogP contribution in [0.2, 0.25) is 0 Å². The molecule has 0 fully saturated rings. The minimum Gasteiger partial charge on any atom is -0.494 e. The van der Waals surface area contributed by atoms with Crippen molar-refractivity contribution in [1.29, 1.82) is 0 Å². The summed E-state index contributed by atoms with van der Waals surface area (Å²) in [6.07, 6.45) is 2.25. The molecule has 2 aromatic carbocycles. The van der Waals surface area contributed by atoms with E-state index in [-0.39, 0.29) is 0 Å². The highest BCUT2D eigenvalue weighted by Crippen LogP contribution is 2.16. The van der Waals surface area contributed by atoms with Crippen molar-refractivity contribution >= 4 is 41.0 Å². The van der Waals surface area contributed by atoms with Gasteiger partial charge in [-0.3, -0.25) is 24.2 Å². The number of carbonyl (C=O) groups excluding carboxylic acids is 3. The predicted molar refractivity (Wildman–Crippen MR) is 147 cm³/mol. The Balaban J connectivity index is 1.52. The largest absolute Gasteiger partial charge is 0.494 e. The summed E-state index contributed by atoms with van der Waals surface area (Å²) in [6, 6.07) is 12.0. The van der Waals surface area contributed by atoms with E-state index in [9.17, 15) is 24.3 Å². The molecule has 0 radical (unpaired) electrons. The first-order valence-corrected chi connectivity index (χ1v) is 12.8. The molecule has 0 bridgehead atoms. The third kappa shape index (κ3) is 9.99. The van der Waals surface area contributed by atoms with Gasteiger partial charge in [0.2, 0.25) is 11.8 Å². The lowest BCUT2D eigenvalue weighted by Crippen LogP contribution is -2.48. The number of benzene rings is 2. The smallest absolute Gasteiger partial charge is 0.305 e. The molecule has 6 N–H and O–H groups in total. The van der Waals surface area contributed by atoms with Crippen LogP contribution in [-0.2, 0) is 14.4 Å². The first-order valence-electron chi connectivity index (χ1n) is 12.8. The molecule has 1 atom stereocenters. The molecule has 0 saturated heterocycles.